The molecule has 0 saturated carbocycles. The van der Waals surface area contributed by atoms with Gasteiger partial charge in [-0.2, -0.15) is 0 Å². The number of hydrogen-bond donors (Lipinski definition) is 2. The number of carbonyl (C=O) groups excluding carboxylic acids is 3. The van der Waals surface area contributed by atoms with Crippen LogP contribution in [0, 0.1) is 0 Å². The molecule has 0 rings (SSSR count). The second-order valence-electron chi connectivity index (χ2n) is 17.7. The lowest BCUT2D eigenvalue weighted by Gasteiger charge is -2.21. The molecule has 0 spiro atoms. The van der Waals surface area contributed by atoms with Crippen molar-refractivity contribution in [1.82, 2.24) is 0 Å². The summed E-state index contributed by atoms with van der Waals surface area (Å²) in [5.41, 5.74) is 0. The summed E-state index contributed by atoms with van der Waals surface area (Å²) in [6.07, 6.45) is 54.4. The average Bonchev–Trinajstić information content (AvgIpc) is 3.32. The van der Waals surface area contributed by atoms with Gasteiger partial charge in [-0.05, 0) is 83.5 Å². The fraction of sp³-hybridized carbons (Fsp3) is 0.732. The summed E-state index contributed by atoms with van der Waals surface area (Å²) in [5.74, 6) is -1.53. The van der Waals surface area contributed by atoms with Crippen molar-refractivity contribution in [3.05, 3.63) is 72.9 Å². The Kier molecular flexibility index (Phi) is 48.0. The molecule has 12 heteroatoms. The Labute approximate surface area is 414 Å². The Hall–Kier alpha value is -3.08. The van der Waals surface area contributed by atoms with Crippen molar-refractivity contribution in [2.24, 2.45) is 0 Å². The summed E-state index contributed by atoms with van der Waals surface area (Å²) in [6.45, 7) is 4.39. The lowest BCUT2D eigenvalue weighted by molar-refractivity contribution is -0.161. The van der Waals surface area contributed by atoms with Crippen molar-refractivity contribution >= 4 is 25.7 Å². The molecule has 0 aliphatic heterocycles. The van der Waals surface area contributed by atoms with Crippen molar-refractivity contribution < 1.29 is 52.2 Å². The number of esters is 3. The first-order valence-corrected chi connectivity index (χ1v) is 28.3. The largest absolute Gasteiger partial charge is 0.472 e. The number of unbranched alkanes of at least 4 members (excludes halogenated alkanes) is 20. The number of allylic oxidation sites excluding steroid dienone is 12. The highest BCUT2D eigenvalue weighted by Crippen LogP contribution is 2.43. The van der Waals surface area contributed by atoms with Crippen LogP contribution in [0.1, 0.15) is 226 Å². The average molecular weight is 977 g/mol. The Morgan fingerprint density at radius 3 is 1.26 bits per heavy atom. The number of rotatable bonds is 49. The number of ether oxygens (including phenoxy) is 3. The highest BCUT2D eigenvalue weighted by Gasteiger charge is 2.28. The molecule has 11 nitrogen and oxygen atoms in total. The maximum Gasteiger partial charge on any atom is 0.472 e. The zero-order chi connectivity index (χ0) is 49.9. The predicted molar refractivity (Wildman–Crippen MR) is 279 cm³/mol. The lowest BCUT2D eigenvalue weighted by Crippen LogP contribution is -2.30. The van der Waals surface area contributed by atoms with Crippen LogP contribution in [0.25, 0.3) is 0 Å². The molecule has 0 radical (unpaired) electrons. The van der Waals surface area contributed by atoms with Crippen LogP contribution in [0.2, 0.25) is 0 Å². The summed E-state index contributed by atoms with van der Waals surface area (Å²) in [7, 11) is -4.76. The Morgan fingerprint density at radius 2 is 0.794 bits per heavy atom. The first-order chi connectivity index (χ1) is 33.2. The standard InChI is InChI=1S/C56H97O11P/c1-4-7-10-13-16-19-22-25-26-29-32-35-38-41-44-47-56(60)67-53(49-63-54(58)45-42-39-36-33-30-27-23-20-17-14-11-8-5-2)51-65-68(61,62)64-50-52(48-57)66-55(59)46-43-40-37-34-31-28-24-21-18-15-12-9-6-3/h7,10-11,14,16,19-20,23,25-26,32,35,52-53,57H,4-6,8-9,12-13,15,17-18,21-22,24,27-31,33-34,36-51H2,1-3H3,(H,61,62)/b10-7-,14-11-,19-16-,23-20-,26-25-,35-32-. The molecule has 0 heterocycles. The third-order valence-electron chi connectivity index (χ3n) is 11.1. The van der Waals surface area contributed by atoms with E-state index in [0.717, 1.165) is 103 Å². The van der Waals surface area contributed by atoms with E-state index in [2.05, 4.69) is 93.7 Å². The van der Waals surface area contributed by atoms with Crippen molar-refractivity contribution in [1.29, 1.82) is 0 Å². The van der Waals surface area contributed by atoms with Crippen LogP contribution in [0.3, 0.4) is 0 Å². The third kappa shape index (κ3) is 48.0. The van der Waals surface area contributed by atoms with Gasteiger partial charge >= 0.3 is 25.7 Å². The number of hydrogen-bond acceptors (Lipinski definition) is 10. The van der Waals surface area contributed by atoms with E-state index in [1.807, 2.05) is 0 Å². The van der Waals surface area contributed by atoms with Crippen LogP contribution in [-0.2, 0) is 42.2 Å². The van der Waals surface area contributed by atoms with Gasteiger partial charge in [0.1, 0.15) is 12.7 Å². The number of phosphoric ester groups is 1. The second kappa shape index (κ2) is 50.3. The Morgan fingerprint density at radius 1 is 0.426 bits per heavy atom. The fourth-order valence-corrected chi connectivity index (χ4v) is 7.82. The summed E-state index contributed by atoms with van der Waals surface area (Å²) in [5, 5.41) is 9.78. The normalized spacial score (nSPS) is 14.0. The number of aliphatic hydroxyl groups excluding tert-OH is 1. The number of carbonyl (C=O) groups is 3. The quantitative estimate of drug-likeness (QED) is 0.0197. The molecule has 0 saturated heterocycles. The van der Waals surface area contributed by atoms with Gasteiger partial charge in [-0.1, -0.05) is 196 Å². The zero-order valence-electron chi connectivity index (χ0n) is 43.1. The number of phosphoric acid groups is 1. The van der Waals surface area contributed by atoms with Crippen LogP contribution >= 0.6 is 7.82 Å². The smallest absolute Gasteiger partial charge is 0.462 e. The minimum atomic E-state index is -4.76. The molecular formula is C56H97O11P. The minimum Gasteiger partial charge on any atom is -0.462 e. The molecule has 0 fully saturated rings. The molecule has 3 unspecified atom stereocenters. The molecule has 68 heavy (non-hydrogen) atoms. The summed E-state index contributed by atoms with van der Waals surface area (Å²) in [6, 6.07) is 0. The van der Waals surface area contributed by atoms with E-state index in [1.54, 1.807) is 0 Å². The fourth-order valence-electron chi connectivity index (χ4n) is 7.03. The van der Waals surface area contributed by atoms with Crippen molar-refractivity contribution in [2.75, 3.05) is 26.4 Å². The Bertz CT molecular complexity index is 1420. The van der Waals surface area contributed by atoms with Gasteiger partial charge < -0.3 is 24.2 Å². The minimum absolute atomic E-state index is 0.111. The van der Waals surface area contributed by atoms with Gasteiger partial charge in [0.15, 0.2) is 6.10 Å². The lowest BCUT2D eigenvalue weighted by atomic mass is 10.0. The third-order valence-corrected chi connectivity index (χ3v) is 12.0. The van der Waals surface area contributed by atoms with E-state index in [1.165, 1.54) is 64.2 Å². The zero-order valence-corrected chi connectivity index (χ0v) is 43.9. The molecular weight excluding hydrogens is 880 g/mol. The van der Waals surface area contributed by atoms with Gasteiger partial charge in [0.2, 0.25) is 0 Å². The molecule has 3 atom stereocenters. The molecule has 2 N–H and O–H groups in total. The van der Waals surface area contributed by atoms with E-state index >= 15 is 0 Å². The Balaban J connectivity index is 4.81. The van der Waals surface area contributed by atoms with Crippen LogP contribution in [-0.4, -0.2) is 66.5 Å². The van der Waals surface area contributed by atoms with Crippen molar-refractivity contribution in [2.45, 2.75) is 238 Å². The summed E-state index contributed by atoms with van der Waals surface area (Å²) >= 11 is 0. The van der Waals surface area contributed by atoms with Crippen molar-refractivity contribution in [3.63, 3.8) is 0 Å². The van der Waals surface area contributed by atoms with Gasteiger partial charge in [0.25, 0.3) is 0 Å². The highest BCUT2D eigenvalue weighted by molar-refractivity contribution is 7.47. The molecule has 392 valence electrons. The monoisotopic (exact) mass is 977 g/mol. The van der Waals surface area contributed by atoms with Gasteiger partial charge in [-0.15, -0.1) is 0 Å². The SMILES string of the molecule is CC/C=C\C/C=C\C/C=C\C/C=C\CCCCC(=O)OC(COC(=O)CCCCCCC/C=C\C/C=C\CCC)COP(=O)(O)OCC(CO)OC(=O)CCCCCCCCCCCCCCC. The maximum atomic E-state index is 12.9. The van der Waals surface area contributed by atoms with Crippen LogP contribution in [0.4, 0.5) is 0 Å². The van der Waals surface area contributed by atoms with E-state index < -0.39 is 57.8 Å². The predicted octanol–water partition coefficient (Wildman–Crippen LogP) is 15.4. The van der Waals surface area contributed by atoms with Gasteiger partial charge in [0.05, 0.1) is 19.8 Å². The highest BCUT2D eigenvalue weighted by atomic mass is 31.2. The van der Waals surface area contributed by atoms with E-state index in [0.29, 0.717) is 19.3 Å². The first-order valence-electron chi connectivity index (χ1n) is 26.8. The maximum absolute atomic E-state index is 12.9. The number of aliphatic hydroxyl groups is 1. The summed E-state index contributed by atoms with van der Waals surface area (Å²) < 4.78 is 39.3. The molecule has 0 bridgehead atoms. The topological polar surface area (TPSA) is 155 Å². The van der Waals surface area contributed by atoms with Gasteiger partial charge in [0, 0.05) is 19.3 Å². The molecule has 0 aromatic rings. The molecule has 0 aliphatic carbocycles. The van der Waals surface area contributed by atoms with E-state index in [4.69, 9.17) is 23.3 Å². The second-order valence-corrected chi connectivity index (χ2v) is 19.1. The van der Waals surface area contributed by atoms with Gasteiger partial charge in [-0.25, -0.2) is 4.57 Å². The summed E-state index contributed by atoms with van der Waals surface area (Å²) in [4.78, 5) is 48.3. The first kappa shape index (κ1) is 64.9. The van der Waals surface area contributed by atoms with Crippen LogP contribution in [0.5, 0.6) is 0 Å². The molecule has 0 aliphatic rings. The molecule has 0 amide bonds. The molecule has 0 aromatic heterocycles. The van der Waals surface area contributed by atoms with E-state index in [9.17, 15) is 28.9 Å². The van der Waals surface area contributed by atoms with Crippen LogP contribution < -0.4 is 0 Å². The van der Waals surface area contributed by atoms with Gasteiger partial charge in [-0.3, -0.25) is 23.4 Å². The van der Waals surface area contributed by atoms with Crippen molar-refractivity contribution in [3.8, 4) is 0 Å². The van der Waals surface area contributed by atoms with E-state index in [-0.39, 0.29) is 25.9 Å². The molecule has 0 aromatic carbocycles. The van der Waals surface area contributed by atoms with Crippen LogP contribution in [0.15, 0.2) is 72.9 Å².